The number of hydrogen-bond donors (Lipinski definition) is 2. The number of nitrogens with zero attached hydrogens (tertiary/aromatic N) is 2. The number of nitrogens with one attached hydrogen (secondary N) is 1. The number of anilines is 2. The highest BCUT2D eigenvalue weighted by molar-refractivity contribution is 6.30. The maximum absolute atomic E-state index is 12.5. The third-order valence-corrected chi connectivity index (χ3v) is 4.61. The van der Waals surface area contributed by atoms with Gasteiger partial charge in [-0.15, -0.1) is 0 Å². The largest absolute Gasteiger partial charge is 0.399 e. The number of carbonyl (C=O) groups is 1. The molecule has 3 aromatic carbocycles. The first-order valence-electron chi connectivity index (χ1n) is 8.79. The molecule has 0 saturated carbocycles. The second-order valence-corrected chi connectivity index (χ2v) is 7.10. The van der Waals surface area contributed by atoms with Crippen molar-refractivity contribution in [3.63, 3.8) is 0 Å². The summed E-state index contributed by atoms with van der Waals surface area (Å²) in [5.41, 5.74) is 12.0. The van der Waals surface area contributed by atoms with E-state index in [0.29, 0.717) is 16.3 Å². The molecule has 0 unspecified atom stereocenters. The van der Waals surface area contributed by atoms with E-state index >= 15 is 0 Å². The molecule has 0 aliphatic carbocycles. The van der Waals surface area contributed by atoms with Crippen LogP contribution in [0.4, 0.5) is 22.7 Å². The molecule has 3 rings (SSSR count). The van der Waals surface area contributed by atoms with Crippen LogP contribution in [0.25, 0.3) is 0 Å². The van der Waals surface area contributed by atoms with E-state index < -0.39 is 0 Å². The second kappa shape index (κ2) is 8.23. The van der Waals surface area contributed by atoms with Crippen molar-refractivity contribution in [2.24, 2.45) is 10.2 Å². The van der Waals surface area contributed by atoms with E-state index in [2.05, 4.69) is 15.5 Å². The predicted octanol–water partition coefficient (Wildman–Crippen LogP) is 6.52. The van der Waals surface area contributed by atoms with E-state index in [1.807, 2.05) is 45.0 Å². The van der Waals surface area contributed by atoms with Crippen LogP contribution >= 0.6 is 11.6 Å². The van der Waals surface area contributed by atoms with Gasteiger partial charge in [-0.3, -0.25) is 4.79 Å². The molecule has 0 aliphatic rings. The van der Waals surface area contributed by atoms with Gasteiger partial charge >= 0.3 is 0 Å². The Labute approximate surface area is 169 Å². The van der Waals surface area contributed by atoms with Gasteiger partial charge in [-0.2, -0.15) is 10.2 Å². The van der Waals surface area contributed by atoms with Crippen molar-refractivity contribution in [1.29, 1.82) is 0 Å². The van der Waals surface area contributed by atoms with Gasteiger partial charge in [0, 0.05) is 22.0 Å². The van der Waals surface area contributed by atoms with Gasteiger partial charge in [0.1, 0.15) is 0 Å². The first-order chi connectivity index (χ1) is 13.3. The summed E-state index contributed by atoms with van der Waals surface area (Å²) in [7, 11) is 0. The normalized spacial score (nSPS) is 11.0. The summed E-state index contributed by atoms with van der Waals surface area (Å²) in [4.78, 5) is 12.5. The number of carbonyl (C=O) groups excluding carboxylic acids is 1. The van der Waals surface area contributed by atoms with Crippen LogP contribution in [0.5, 0.6) is 0 Å². The summed E-state index contributed by atoms with van der Waals surface area (Å²) in [5.74, 6) is -0.185. The Morgan fingerprint density at radius 1 is 0.893 bits per heavy atom. The molecular weight excluding hydrogens is 372 g/mol. The monoisotopic (exact) mass is 392 g/mol. The van der Waals surface area contributed by atoms with Gasteiger partial charge in [0.25, 0.3) is 5.91 Å². The number of aryl methyl sites for hydroxylation is 3. The van der Waals surface area contributed by atoms with E-state index in [0.717, 1.165) is 33.8 Å². The van der Waals surface area contributed by atoms with E-state index in [1.54, 1.807) is 30.3 Å². The fourth-order valence-electron chi connectivity index (χ4n) is 2.88. The second-order valence-electron chi connectivity index (χ2n) is 6.66. The van der Waals surface area contributed by atoms with E-state index in [9.17, 15) is 4.79 Å². The van der Waals surface area contributed by atoms with Gasteiger partial charge in [-0.1, -0.05) is 11.6 Å². The van der Waals surface area contributed by atoms with Crippen molar-refractivity contribution in [3.05, 3.63) is 81.9 Å². The van der Waals surface area contributed by atoms with Gasteiger partial charge in [-0.25, -0.2) is 0 Å². The van der Waals surface area contributed by atoms with Gasteiger partial charge in [-0.05, 0) is 92.1 Å². The standard InChI is InChI=1S/C22H21ClN4O/c1-13-10-18(24)8-9-20(13)27-26-19-11-14(2)21(15(3)12-19)25-22(28)16-4-6-17(23)7-5-16/h4-12H,24H2,1-3H3,(H,25,28). The minimum Gasteiger partial charge on any atom is -0.399 e. The number of amides is 1. The van der Waals surface area contributed by atoms with Crippen LogP contribution in [0.3, 0.4) is 0 Å². The Hall–Kier alpha value is -3.18. The highest BCUT2D eigenvalue weighted by Crippen LogP contribution is 2.29. The lowest BCUT2D eigenvalue weighted by Crippen LogP contribution is -2.13. The van der Waals surface area contributed by atoms with Crippen molar-refractivity contribution in [2.45, 2.75) is 20.8 Å². The zero-order valence-electron chi connectivity index (χ0n) is 16.0. The maximum atomic E-state index is 12.5. The highest BCUT2D eigenvalue weighted by Gasteiger charge is 2.11. The molecule has 0 aliphatic heterocycles. The van der Waals surface area contributed by atoms with Crippen molar-refractivity contribution >= 4 is 40.3 Å². The summed E-state index contributed by atoms with van der Waals surface area (Å²) in [6, 6.07) is 16.1. The Morgan fingerprint density at radius 2 is 1.54 bits per heavy atom. The summed E-state index contributed by atoms with van der Waals surface area (Å²) in [5, 5.41) is 12.2. The van der Waals surface area contributed by atoms with Crippen LogP contribution in [0.1, 0.15) is 27.0 Å². The number of rotatable bonds is 4. The minimum absolute atomic E-state index is 0.185. The van der Waals surface area contributed by atoms with Crippen LogP contribution in [-0.4, -0.2) is 5.91 Å². The quantitative estimate of drug-likeness (QED) is 0.391. The zero-order chi connectivity index (χ0) is 20.3. The van der Waals surface area contributed by atoms with Crippen molar-refractivity contribution in [3.8, 4) is 0 Å². The van der Waals surface area contributed by atoms with Crippen LogP contribution in [0.15, 0.2) is 64.8 Å². The molecule has 0 fully saturated rings. The molecule has 3 N–H and O–H groups in total. The molecule has 3 aromatic rings. The molecule has 0 aromatic heterocycles. The Kier molecular flexibility index (Phi) is 5.76. The first kappa shape index (κ1) is 19.6. The van der Waals surface area contributed by atoms with Crippen molar-refractivity contribution < 1.29 is 4.79 Å². The number of nitrogens with two attached hydrogens (primary N) is 1. The SMILES string of the molecule is Cc1cc(N)ccc1N=Nc1cc(C)c(NC(=O)c2ccc(Cl)cc2)c(C)c1. The predicted molar refractivity (Wildman–Crippen MR) is 115 cm³/mol. The number of nitrogen functional groups attached to an aromatic ring is 1. The molecule has 0 spiro atoms. The van der Waals surface area contributed by atoms with Gasteiger partial charge in [0.2, 0.25) is 0 Å². The van der Waals surface area contributed by atoms with Crippen molar-refractivity contribution in [1.82, 2.24) is 0 Å². The lowest BCUT2D eigenvalue weighted by atomic mass is 10.1. The van der Waals surface area contributed by atoms with Crippen LogP contribution in [0.2, 0.25) is 5.02 Å². The Bertz CT molecular complexity index is 1040. The molecule has 1 amide bonds. The van der Waals surface area contributed by atoms with Gasteiger partial charge < -0.3 is 11.1 Å². The fourth-order valence-corrected chi connectivity index (χ4v) is 3.01. The molecule has 0 bridgehead atoms. The number of benzene rings is 3. The molecule has 0 radical (unpaired) electrons. The van der Waals surface area contributed by atoms with E-state index in [4.69, 9.17) is 17.3 Å². The number of hydrogen-bond acceptors (Lipinski definition) is 4. The zero-order valence-corrected chi connectivity index (χ0v) is 16.7. The van der Waals surface area contributed by atoms with E-state index in [1.165, 1.54) is 0 Å². The highest BCUT2D eigenvalue weighted by atomic mass is 35.5. The van der Waals surface area contributed by atoms with Gasteiger partial charge in [0.05, 0.1) is 11.4 Å². The molecule has 5 nitrogen and oxygen atoms in total. The molecule has 0 saturated heterocycles. The topological polar surface area (TPSA) is 79.8 Å². The average molecular weight is 393 g/mol. The maximum Gasteiger partial charge on any atom is 0.255 e. The third kappa shape index (κ3) is 4.56. The van der Waals surface area contributed by atoms with Crippen LogP contribution in [0, 0.1) is 20.8 Å². The first-order valence-corrected chi connectivity index (χ1v) is 9.17. The van der Waals surface area contributed by atoms with Crippen LogP contribution in [-0.2, 0) is 0 Å². The number of halogens is 1. The Morgan fingerprint density at radius 3 is 2.14 bits per heavy atom. The molecule has 142 valence electrons. The summed E-state index contributed by atoms with van der Waals surface area (Å²) in [6.07, 6.45) is 0. The molecule has 0 heterocycles. The third-order valence-electron chi connectivity index (χ3n) is 4.36. The molecular formula is C22H21ClN4O. The molecule has 28 heavy (non-hydrogen) atoms. The van der Waals surface area contributed by atoms with Crippen molar-refractivity contribution in [2.75, 3.05) is 11.1 Å². The molecule has 0 atom stereocenters. The average Bonchev–Trinajstić information content (AvgIpc) is 2.64. The molecule has 6 heteroatoms. The smallest absolute Gasteiger partial charge is 0.255 e. The van der Waals surface area contributed by atoms with Crippen LogP contribution < -0.4 is 11.1 Å². The summed E-state index contributed by atoms with van der Waals surface area (Å²) < 4.78 is 0. The van der Waals surface area contributed by atoms with Gasteiger partial charge in [0.15, 0.2) is 0 Å². The lowest BCUT2D eigenvalue weighted by molar-refractivity contribution is 0.102. The number of azo groups is 1. The summed E-state index contributed by atoms with van der Waals surface area (Å²) >= 11 is 5.88. The fraction of sp³-hybridized carbons (Fsp3) is 0.136. The van der Waals surface area contributed by atoms with E-state index in [-0.39, 0.29) is 5.91 Å². The Balaban J connectivity index is 1.81. The lowest BCUT2D eigenvalue weighted by Gasteiger charge is -2.12. The minimum atomic E-state index is -0.185. The summed E-state index contributed by atoms with van der Waals surface area (Å²) in [6.45, 7) is 5.80.